The van der Waals surface area contributed by atoms with Gasteiger partial charge >= 0.3 is 0 Å². The highest BCUT2D eigenvalue weighted by Gasteiger charge is 2.35. The third-order valence-corrected chi connectivity index (χ3v) is 4.53. The van der Waals surface area contributed by atoms with Gasteiger partial charge in [-0.05, 0) is 12.8 Å². The van der Waals surface area contributed by atoms with E-state index in [1.165, 1.54) is 12.8 Å². The highest BCUT2D eigenvalue weighted by atomic mass is 16.5. The van der Waals surface area contributed by atoms with Crippen LogP contribution < -0.4 is 0 Å². The topological polar surface area (TPSA) is 79.8 Å². The van der Waals surface area contributed by atoms with Gasteiger partial charge in [0.1, 0.15) is 5.82 Å². The number of H-pyrrole nitrogens is 1. The van der Waals surface area contributed by atoms with Crippen LogP contribution in [0.25, 0.3) is 0 Å². The number of nitrogens with zero attached hydrogens (tertiary/aromatic N) is 5. The molecule has 2 aliphatic rings. The summed E-state index contributed by atoms with van der Waals surface area (Å²) in [5.41, 5.74) is 2.12. The number of hydrogen-bond acceptors (Lipinski definition) is 6. The first-order chi connectivity index (χ1) is 10.8. The molecule has 1 N–H and O–H groups in total. The third kappa shape index (κ3) is 2.74. The molecule has 22 heavy (non-hydrogen) atoms. The van der Waals surface area contributed by atoms with Crippen molar-refractivity contribution in [2.45, 2.75) is 37.3 Å². The van der Waals surface area contributed by atoms with Crippen LogP contribution in [0.5, 0.6) is 0 Å². The maximum atomic E-state index is 5.62. The van der Waals surface area contributed by atoms with E-state index in [0.717, 1.165) is 36.7 Å². The molecule has 0 radical (unpaired) electrons. The molecule has 0 bridgehead atoms. The van der Waals surface area contributed by atoms with Crippen LogP contribution in [-0.2, 0) is 11.3 Å². The average Bonchev–Trinajstić information content (AvgIpc) is 3.10. The Kier molecular flexibility index (Phi) is 3.59. The predicted molar refractivity (Wildman–Crippen MR) is 79.2 cm³/mol. The lowest BCUT2D eigenvalue weighted by atomic mass is 10.0. The molecule has 0 aromatic carbocycles. The van der Waals surface area contributed by atoms with Gasteiger partial charge in [-0.3, -0.25) is 4.90 Å². The van der Waals surface area contributed by atoms with Gasteiger partial charge in [0, 0.05) is 56.5 Å². The second-order valence-electron chi connectivity index (χ2n) is 6.19. The largest absolute Gasteiger partial charge is 0.379 e. The number of ether oxygens (including phenoxy) is 1. The van der Waals surface area contributed by atoms with Crippen molar-refractivity contribution >= 4 is 0 Å². The normalized spacial score (nSPS) is 25.7. The number of hydrogen-bond donors (Lipinski definition) is 1. The predicted octanol–water partition coefficient (Wildman–Crippen LogP) is 1.09. The molecule has 2 atom stereocenters. The zero-order chi connectivity index (χ0) is 14.9. The van der Waals surface area contributed by atoms with Crippen molar-refractivity contribution in [1.29, 1.82) is 0 Å². The number of aromatic nitrogens is 5. The Labute approximate surface area is 129 Å². The van der Waals surface area contributed by atoms with Gasteiger partial charge < -0.3 is 4.74 Å². The molecule has 2 aromatic rings. The molecule has 2 fully saturated rings. The molecule has 0 amide bonds. The van der Waals surface area contributed by atoms with Crippen molar-refractivity contribution in [3.8, 4) is 0 Å². The van der Waals surface area contributed by atoms with Crippen molar-refractivity contribution in [3.05, 3.63) is 35.7 Å². The standard InChI is InChI=1S/C15H20N6O/c1-22-14-9-21(8-12(14)13-6-18-20-19-13)7-10-4-16-15(17-5-10)11-2-3-11/h4-6,11-12,14H,2-3,7-9H2,1H3,(H,18,19,20)/t12-,14+/m0/s1. The van der Waals surface area contributed by atoms with Crippen LogP contribution in [0, 0.1) is 0 Å². The van der Waals surface area contributed by atoms with E-state index in [0.29, 0.717) is 5.92 Å². The van der Waals surface area contributed by atoms with Crippen LogP contribution >= 0.6 is 0 Å². The minimum absolute atomic E-state index is 0.150. The van der Waals surface area contributed by atoms with E-state index in [9.17, 15) is 0 Å². The molecule has 1 aliphatic heterocycles. The number of likely N-dealkylation sites (tertiary alicyclic amines) is 1. The highest BCUT2D eigenvalue weighted by Crippen LogP contribution is 2.37. The number of rotatable bonds is 5. The Bertz CT molecular complexity index is 609. The monoisotopic (exact) mass is 300 g/mol. The molecular weight excluding hydrogens is 280 g/mol. The first-order valence-electron chi connectivity index (χ1n) is 7.75. The molecule has 1 aliphatic carbocycles. The Morgan fingerprint density at radius 2 is 2.05 bits per heavy atom. The molecule has 0 unspecified atom stereocenters. The number of methoxy groups -OCH3 is 1. The average molecular weight is 300 g/mol. The van der Waals surface area contributed by atoms with Gasteiger partial charge in [0.2, 0.25) is 0 Å². The zero-order valence-corrected chi connectivity index (χ0v) is 12.6. The van der Waals surface area contributed by atoms with Crippen LogP contribution in [0.15, 0.2) is 18.6 Å². The SMILES string of the molecule is CO[C@@H]1CN(Cc2cnc(C3CC3)nc2)C[C@H]1c1cn[nH]n1. The van der Waals surface area contributed by atoms with Crippen molar-refractivity contribution < 1.29 is 4.74 Å². The maximum Gasteiger partial charge on any atom is 0.131 e. The second kappa shape index (κ2) is 5.73. The highest BCUT2D eigenvalue weighted by molar-refractivity contribution is 5.13. The summed E-state index contributed by atoms with van der Waals surface area (Å²) in [4.78, 5) is 11.4. The van der Waals surface area contributed by atoms with E-state index in [1.54, 1.807) is 13.3 Å². The van der Waals surface area contributed by atoms with Gasteiger partial charge in [0.15, 0.2) is 0 Å². The fraction of sp³-hybridized carbons (Fsp3) is 0.600. The molecule has 116 valence electrons. The first kappa shape index (κ1) is 13.8. The Morgan fingerprint density at radius 1 is 1.23 bits per heavy atom. The fourth-order valence-electron chi connectivity index (χ4n) is 3.15. The molecule has 2 aromatic heterocycles. The Hall–Kier alpha value is -1.86. The van der Waals surface area contributed by atoms with E-state index >= 15 is 0 Å². The van der Waals surface area contributed by atoms with E-state index in [4.69, 9.17) is 4.74 Å². The molecule has 3 heterocycles. The number of aromatic amines is 1. The molecule has 4 rings (SSSR count). The minimum Gasteiger partial charge on any atom is -0.379 e. The molecule has 1 saturated carbocycles. The quantitative estimate of drug-likeness (QED) is 0.890. The third-order valence-electron chi connectivity index (χ3n) is 4.53. The molecule has 1 saturated heterocycles. The lowest BCUT2D eigenvalue weighted by Crippen LogP contribution is -2.22. The summed E-state index contributed by atoms with van der Waals surface area (Å²) in [5, 5.41) is 10.8. The van der Waals surface area contributed by atoms with Gasteiger partial charge in [-0.25, -0.2) is 9.97 Å². The van der Waals surface area contributed by atoms with Gasteiger partial charge in [-0.2, -0.15) is 15.4 Å². The van der Waals surface area contributed by atoms with Crippen LogP contribution in [0.4, 0.5) is 0 Å². The molecule has 7 nitrogen and oxygen atoms in total. The summed E-state index contributed by atoms with van der Waals surface area (Å²) >= 11 is 0. The van der Waals surface area contributed by atoms with Crippen molar-refractivity contribution in [3.63, 3.8) is 0 Å². The van der Waals surface area contributed by atoms with E-state index in [1.807, 2.05) is 12.4 Å². The smallest absolute Gasteiger partial charge is 0.131 e. The van der Waals surface area contributed by atoms with Gasteiger partial charge in [0.05, 0.1) is 18.0 Å². The summed E-state index contributed by atoms with van der Waals surface area (Å²) in [5.74, 6) is 1.87. The van der Waals surface area contributed by atoms with Crippen LogP contribution in [0.1, 0.15) is 41.8 Å². The van der Waals surface area contributed by atoms with Crippen LogP contribution in [0.3, 0.4) is 0 Å². The van der Waals surface area contributed by atoms with Gasteiger partial charge in [-0.1, -0.05) is 0 Å². The van der Waals surface area contributed by atoms with E-state index in [2.05, 4.69) is 30.3 Å². The summed E-state index contributed by atoms with van der Waals surface area (Å²) in [6, 6.07) is 0. The second-order valence-corrected chi connectivity index (χ2v) is 6.19. The van der Waals surface area contributed by atoms with Gasteiger partial charge in [0.25, 0.3) is 0 Å². The van der Waals surface area contributed by atoms with Crippen molar-refractivity contribution in [1.82, 2.24) is 30.3 Å². The Morgan fingerprint density at radius 3 is 2.68 bits per heavy atom. The zero-order valence-electron chi connectivity index (χ0n) is 12.6. The van der Waals surface area contributed by atoms with E-state index < -0.39 is 0 Å². The number of nitrogens with one attached hydrogen (secondary N) is 1. The van der Waals surface area contributed by atoms with E-state index in [-0.39, 0.29) is 12.0 Å². The molecule has 0 spiro atoms. The fourth-order valence-corrected chi connectivity index (χ4v) is 3.15. The van der Waals surface area contributed by atoms with Crippen LogP contribution in [0.2, 0.25) is 0 Å². The van der Waals surface area contributed by atoms with Gasteiger partial charge in [-0.15, -0.1) is 0 Å². The van der Waals surface area contributed by atoms with Crippen molar-refractivity contribution in [2.75, 3.05) is 20.2 Å². The summed E-state index contributed by atoms with van der Waals surface area (Å²) < 4.78 is 5.62. The summed E-state index contributed by atoms with van der Waals surface area (Å²) in [6.07, 6.45) is 8.34. The first-order valence-corrected chi connectivity index (χ1v) is 7.75. The summed E-state index contributed by atoms with van der Waals surface area (Å²) in [6.45, 7) is 2.65. The van der Waals surface area contributed by atoms with Crippen LogP contribution in [-0.4, -0.2) is 56.6 Å². The Balaban J connectivity index is 1.42. The van der Waals surface area contributed by atoms with Crippen molar-refractivity contribution in [2.24, 2.45) is 0 Å². The maximum absolute atomic E-state index is 5.62. The lowest BCUT2D eigenvalue weighted by Gasteiger charge is -2.14. The minimum atomic E-state index is 0.150. The molecule has 7 heteroatoms. The summed E-state index contributed by atoms with van der Waals surface area (Å²) in [7, 11) is 1.76. The lowest BCUT2D eigenvalue weighted by molar-refractivity contribution is 0.0957. The molecular formula is C15H20N6O.